The minimum atomic E-state index is 0.461. The Morgan fingerprint density at radius 3 is 3.07 bits per heavy atom. The van der Waals surface area contributed by atoms with Gasteiger partial charge in [0.2, 0.25) is 0 Å². The first kappa shape index (κ1) is 10.2. The summed E-state index contributed by atoms with van der Waals surface area (Å²) < 4.78 is 0. The molecule has 0 saturated heterocycles. The smallest absolute Gasteiger partial charge is 0.00454 e. The Morgan fingerprint density at radius 1 is 1.64 bits per heavy atom. The molecule has 2 atom stereocenters. The predicted octanol–water partition coefficient (Wildman–Crippen LogP) is 3.20. The maximum Gasteiger partial charge on any atom is 0.00454 e. The zero-order valence-corrected chi connectivity index (χ0v) is 9.65. The third-order valence-corrected chi connectivity index (χ3v) is 4.36. The Morgan fingerprint density at radius 2 is 2.50 bits per heavy atom. The number of aryl methyl sites for hydroxylation is 1. The number of nitrogens with two attached hydrogens (primary N) is 1. The molecule has 2 N–H and O–H groups in total. The molecule has 1 fully saturated rings. The second-order valence-electron chi connectivity index (χ2n) is 4.89. The van der Waals surface area contributed by atoms with Crippen LogP contribution in [0.4, 0.5) is 0 Å². The monoisotopic (exact) mass is 209 g/mol. The van der Waals surface area contributed by atoms with Gasteiger partial charge in [-0.2, -0.15) is 0 Å². The minimum Gasteiger partial charge on any atom is -0.328 e. The summed E-state index contributed by atoms with van der Waals surface area (Å²) >= 11 is 1.87. The van der Waals surface area contributed by atoms with Crippen molar-refractivity contribution < 1.29 is 0 Å². The third-order valence-electron chi connectivity index (χ3n) is 3.43. The van der Waals surface area contributed by atoms with E-state index in [9.17, 15) is 0 Å². The third kappa shape index (κ3) is 2.37. The van der Waals surface area contributed by atoms with Crippen molar-refractivity contribution in [1.29, 1.82) is 0 Å². The highest BCUT2D eigenvalue weighted by molar-refractivity contribution is 7.09. The van der Waals surface area contributed by atoms with E-state index >= 15 is 0 Å². The van der Waals surface area contributed by atoms with Gasteiger partial charge in [0, 0.05) is 10.9 Å². The number of thiophene rings is 1. The molecule has 78 valence electrons. The first-order valence-electron chi connectivity index (χ1n) is 5.46. The van der Waals surface area contributed by atoms with Gasteiger partial charge in [0.25, 0.3) is 0 Å². The van der Waals surface area contributed by atoms with E-state index in [0.717, 1.165) is 0 Å². The van der Waals surface area contributed by atoms with Crippen LogP contribution >= 0.6 is 11.3 Å². The quantitative estimate of drug-likeness (QED) is 0.813. The van der Waals surface area contributed by atoms with E-state index in [2.05, 4.69) is 24.4 Å². The summed E-state index contributed by atoms with van der Waals surface area (Å²) in [5, 5.41) is 2.16. The summed E-state index contributed by atoms with van der Waals surface area (Å²) in [6.07, 6.45) is 6.31. The van der Waals surface area contributed by atoms with Gasteiger partial charge >= 0.3 is 0 Å². The van der Waals surface area contributed by atoms with Crippen molar-refractivity contribution in [1.82, 2.24) is 0 Å². The Balaban J connectivity index is 1.86. The predicted molar refractivity (Wildman–Crippen MR) is 62.6 cm³/mol. The lowest BCUT2D eigenvalue weighted by Crippen LogP contribution is -2.19. The van der Waals surface area contributed by atoms with Crippen molar-refractivity contribution >= 4 is 11.3 Å². The summed E-state index contributed by atoms with van der Waals surface area (Å²) in [6, 6.07) is 4.84. The largest absolute Gasteiger partial charge is 0.328 e. The standard InChI is InChI=1S/C12H19NS/c1-12(6-4-10(13)9-12)7-5-11-3-2-8-14-11/h2-3,8,10H,4-7,9,13H2,1H3. The molecule has 1 nitrogen and oxygen atoms in total. The number of rotatable bonds is 3. The van der Waals surface area contributed by atoms with Crippen LogP contribution in [-0.4, -0.2) is 6.04 Å². The van der Waals surface area contributed by atoms with Gasteiger partial charge in [-0.25, -0.2) is 0 Å². The second kappa shape index (κ2) is 4.03. The van der Waals surface area contributed by atoms with Crippen molar-refractivity contribution in [2.24, 2.45) is 11.1 Å². The fourth-order valence-corrected chi connectivity index (χ4v) is 3.19. The molecular formula is C12H19NS. The van der Waals surface area contributed by atoms with Crippen LogP contribution in [0.25, 0.3) is 0 Å². The van der Waals surface area contributed by atoms with Crippen molar-refractivity contribution in [2.75, 3.05) is 0 Å². The minimum absolute atomic E-state index is 0.461. The molecule has 2 rings (SSSR count). The van der Waals surface area contributed by atoms with E-state index in [1.165, 1.54) is 37.0 Å². The molecule has 0 aromatic carbocycles. The first-order chi connectivity index (χ1) is 6.68. The van der Waals surface area contributed by atoms with Crippen molar-refractivity contribution in [3.63, 3.8) is 0 Å². The molecule has 2 heteroatoms. The Labute approximate surface area is 90.3 Å². The molecule has 1 aliphatic carbocycles. The summed E-state index contributed by atoms with van der Waals surface area (Å²) in [6.45, 7) is 2.40. The van der Waals surface area contributed by atoms with E-state index in [1.807, 2.05) is 11.3 Å². The van der Waals surface area contributed by atoms with Crippen LogP contribution in [0.1, 0.15) is 37.5 Å². The van der Waals surface area contributed by atoms with Gasteiger partial charge in [0.1, 0.15) is 0 Å². The van der Waals surface area contributed by atoms with Crippen molar-refractivity contribution in [2.45, 2.75) is 45.1 Å². The lowest BCUT2D eigenvalue weighted by Gasteiger charge is -2.23. The maximum atomic E-state index is 5.96. The van der Waals surface area contributed by atoms with E-state index in [1.54, 1.807) is 0 Å². The molecule has 1 heterocycles. The molecule has 0 bridgehead atoms. The zero-order valence-electron chi connectivity index (χ0n) is 8.83. The molecule has 1 aliphatic rings. The highest BCUT2D eigenvalue weighted by atomic mass is 32.1. The van der Waals surface area contributed by atoms with Crippen LogP contribution in [0.15, 0.2) is 17.5 Å². The van der Waals surface area contributed by atoms with E-state index in [-0.39, 0.29) is 0 Å². The Bertz CT molecular complexity index is 281. The molecule has 1 aromatic heterocycles. The maximum absolute atomic E-state index is 5.96. The van der Waals surface area contributed by atoms with Crippen LogP contribution in [0.2, 0.25) is 0 Å². The van der Waals surface area contributed by atoms with Gasteiger partial charge in [-0.15, -0.1) is 11.3 Å². The zero-order chi connectivity index (χ0) is 10.0. The van der Waals surface area contributed by atoms with Crippen LogP contribution in [0, 0.1) is 5.41 Å². The van der Waals surface area contributed by atoms with Gasteiger partial charge in [-0.3, -0.25) is 0 Å². The first-order valence-corrected chi connectivity index (χ1v) is 6.34. The molecular weight excluding hydrogens is 190 g/mol. The van der Waals surface area contributed by atoms with Gasteiger partial charge in [0.05, 0.1) is 0 Å². The second-order valence-corrected chi connectivity index (χ2v) is 5.93. The Hall–Kier alpha value is -0.340. The Kier molecular flexibility index (Phi) is 2.93. The summed E-state index contributed by atoms with van der Waals surface area (Å²) in [7, 11) is 0. The average Bonchev–Trinajstić information content (AvgIpc) is 2.73. The average molecular weight is 209 g/mol. The van der Waals surface area contributed by atoms with Gasteiger partial charge in [0.15, 0.2) is 0 Å². The van der Waals surface area contributed by atoms with Crippen LogP contribution in [-0.2, 0) is 6.42 Å². The highest BCUT2D eigenvalue weighted by Crippen LogP contribution is 2.40. The molecule has 0 amide bonds. The highest BCUT2D eigenvalue weighted by Gasteiger charge is 2.32. The lowest BCUT2D eigenvalue weighted by atomic mass is 9.83. The SMILES string of the molecule is CC1(CCc2cccs2)CCC(N)C1. The molecule has 14 heavy (non-hydrogen) atoms. The summed E-state index contributed by atoms with van der Waals surface area (Å²) in [4.78, 5) is 1.52. The van der Waals surface area contributed by atoms with Crippen molar-refractivity contribution in [3.05, 3.63) is 22.4 Å². The van der Waals surface area contributed by atoms with Crippen LogP contribution in [0.5, 0.6) is 0 Å². The van der Waals surface area contributed by atoms with Gasteiger partial charge in [-0.1, -0.05) is 13.0 Å². The summed E-state index contributed by atoms with van der Waals surface area (Å²) in [5.41, 5.74) is 6.48. The molecule has 1 saturated carbocycles. The molecule has 0 aliphatic heterocycles. The van der Waals surface area contributed by atoms with Crippen LogP contribution < -0.4 is 5.73 Å². The van der Waals surface area contributed by atoms with Crippen molar-refractivity contribution in [3.8, 4) is 0 Å². The molecule has 0 radical (unpaired) electrons. The lowest BCUT2D eigenvalue weighted by molar-refractivity contribution is 0.305. The van der Waals surface area contributed by atoms with Gasteiger partial charge < -0.3 is 5.73 Å². The normalized spacial score (nSPS) is 32.3. The topological polar surface area (TPSA) is 26.0 Å². The van der Waals surface area contributed by atoms with E-state index in [0.29, 0.717) is 11.5 Å². The fraction of sp³-hybridized carbons (Fsp3) is 0.667. The molecule has 0 spiro atoms. The fourth-order valence-electron chi connectivity index (χ4n) is 2.48. The van der Waals surface area contributed by atoms with Crippen LogP contribution in [0.3, 0.4) is 0 Å². The number of hydrogen-bond donors (Lipinski definition) is 1. The molecule has 1 aromatic rings. The molecule has 2 unspecified atom stereocenters. The summed E-state index contributed by atoms with van der Waals surface area (Å²) in [5.74, 6) is 0. The van der Waals surface area contributed by atoms with E-state index < -0.39 is 0 Å². The van der Waals surface area contributed by atoms with E-state index in [4.69, 9.17) is 5.73 Å². The van der Waals surface area contributed by atoms with Gasteiger partial charge in [-0.05, 0) is 49.0 Å². The number of hydrogen-bond acceptors (Lipinski definition) is 2.